The molecule has 8 heteroatoms. The lowest BCUT2D eigenvalue weighted by atomic mass is 10.0. The van der Waals surface area contributed by atoms with Crippen molar-refractivity contribution in [2.24, 2.45) is 0 Å². The molecule has 0 bridgehead atoms. The van der Waals surface area contributed by atoms with Gasteiger partial charge in [-0.05, 0) is 37.1 Å². The second-order valence-corrected chi connectivity index (χ2v) is 6.90. The van der Waals surface area contributed by atoms with E-state index >= 15 is 0 Å². The second kappa shape index (κ2) is 12.0. The largest absolute Gasteiger partial charge is 0.379 e. The topological polar surface area (TPSA) is 53.6 Å². The van der Waals surface area contributed by atoms with Crippen LogP contribution in [-0.2, 0) is 9.53 Å². The molecule has 148 valence electrons. The number of hydrogen-bond acceptors (Lipinski definition) is 4. The van der Waals surface area contributed by atoms with Gasteiger partial charge in [0.25, 0.3) is 0 Å². The summed E-state index contributed by atoms with van der Waals surface area (Å²) in [6.07, 6.45) is 3.20. The zero-order chi connectivity index (χ0) is 16.8. The quantitative estimate of drug-likeness (QED) is 0.763. The highest BCUT2D eigenvalue weighted by Crippen LogP contribution is 2.23. The smallest absolute Gasteiger partial charge is 0.237 e. The number of ether oxygens (including phenoxy) is 1. The van der Waals surface area contributed by atoms with Crippen LogP contribution in [0.15, 0.2) is 24.3 Å². The summed E-state index contributed by atoms with van der Waals surface area (Å²) < 4.78 is 5.47. The van der Waals surface area contributed by atoms with Crippen LogP contribution in [0.25, 0.3) is 0 Å². The van der Waals surface area contributed by atoms with E-state index in [-0.39, 0.29) is 42.8 Å². The minimum atomic E-state index is -0.0469. The van der Waals surface area contributed by atoms with Crippen molar-refractivity contribution >= 4 is 42.3 Å². The molecule has 2 heterocycles. The van der Waals surface area contributed by atoms with Gasteiger partial charge < -0.3 is 15.4 Å². The first kappa shape index (κ1) is 23.5. The fourth-order valence-electron chi connectivity index (χ4n) is 3.43. The van der Waals surface area contributed by atoms with E-state index < -0.39 is 0 Å². The van der Waals surface area contributed by atoms with Crippen molar-refractivity contribution in [3.05, 3.63) is 34.9 Å². The molecule has 2 saturated heterocycles. The molecule has 1 aromatic rings. The standard InChI is InChI=1S/C18H26ClN3O2.2ClH/c19-15-6-4-14(5-7-15)17(22-9-11-24-12-10-22)13-21-18(23)16-3-1-2-8-20-16;;/h4-7,16-17,20H,1-3,8-13H2,(H,21,23);2*1H/t16-,17?;;/m1../s1. The summed E-state index contributed by atoms with van der Waals surface area (Å²) in [6, 6.07) is 8.03. The van der Waals surface area contributed by atoms with Gasteiger partial charge in [-0.15, -0.1) is 24.8 Å². The molecule has 2 atom stereocenters. The first-order valence-corrected chi connectivity index (χ1v) is 9.20. The third-order valence-corrected chi connectivity index (χ3v) is 5.09. The Hall–Kier alpha value is -0.560. The number of morpholine rings is 1. The molecule has 2 fully saturated rings. The number of benzene rings is 1. The lowest BCUT2D eigenvalue weighted by Crippen LogP contribution is -2.49. The van der Waals surface area contributed by atoms with Crippen molar-refractivity contribution in [1.82, 2.24) is 15.5 Å². The van der Waals surface area contributed by atoms with Gasteiger partial charge in [-0.1, -0.05) is 30.2 Å². The SMILES string of the molecule is Cl.Cl.O=C(NCC(c1ccc(Cl)cc1)N1CCOCC1)[C@H]1CCCCN1. The van der Waals surface area contributed by atoms with Gasteiger partial charge in [-0.3, -0.25) is 9.69 Å². The molecule has 0 saturated carbocycles. The summed E-state index contributed by atoms with van der Waals surface area (Å²) in [6.45, 7) is 4.78. The molecule has 1 amide bonds. The Labute approximate surface area is 173 Å². The van der Waals surface area contributed by atoms with E-state index in [9.17, 15) is 4.79 Å². The number of nitrogens with zero attached hydrogens (tertiary/aromatic N) is 1. The van der Waals surface area contributed by atoms with E-state index in [4.69, 9.17) is 16.3 Å². The molecule has 2 aliphatic rings. The number of carbonyl (C=O) groups excluding carboxylic acids is 1. The third kappa shape index (κ3) is 6.55. The molecule has 0 aliphatic carbocycles. The van der Waals surface area contributed by atoms with Crippen molar-refractivity contribution in [3.63, 3.8) is 0 Å². The molecule has 0 radical (unpaired) electrons. The first-order chi connectivity index (χ1) is 11.7. The Balaban J connectivity index is 0.00000169. The lowest BCUT2D eigenvalue weighted by molar-refractivity contribution is -0.124. The predicted octanol–water partition coefficient (Wildman–Crippen LogP) is 2.82. The predicted molar refractivity (Wildman–Crippen MR) is 110 cm³/mol. The van der Waals surface area contributed by atoms with E-state index in [2.05, 4.69) is 15.5 Å². The average Bonchev–Trinajstić information content (AvgIpc) is 2.65. The number of nitrogens with one attached hydrogen (secondary N) is 2. The molecule has 26 heavy (non-hydrogen) atoms. The van der Waals surface area contributed by atoms with Crippen molar-refractivity contribution in [1.29, 1.82) is 0 Å². The van der Waals surface area contributed by atoms with Gasteiger partial charge in [-0.25, -0.2) is 0 Å². The molecular weight excluding hydrogens is 397 g/mol. The van der Waals surface area contributed by atoms with Crippen LogP contribution in [0.5, 0.6) is 0 Å². The number of rotatable bonds is 5. The van der Waals surface area contributed by atoms with Gasteiger partial charge in [0.1, 0.15) is 0 Å². The highest BCUT2D eigenvalue weighted by atomic mass is 35.5. The molecule has 2 N–H and O–H groups in total. The average molecular weight is 425 g/mol. The zero-order valence-corrected chi connectivity index (χ0v) is 17.2. The summed E-state index contributed by atoms with van der Waals surface area (Å²) in [5.74, 6) is 0.113. The molecule has 3 rings (SSSR count). The van der Waals surface area contributed by atoms with Crippen molar-refractivity contribution < 1.29 is 9.53 Å². The van der Waals surface area contributed by atoms with Gasteiger partial charge in [0.2, 0.25) is 5.91 Å². The summed E-state index contributed by atoms with van der Waals surface area (Å²) in [5, 5.41) is 7.18. The molecular formula is C18H28Cl3N3O2. The first-order valence-electron chi connectivity index (χ1n) is 8.82. The van der Waals surface area contributed by atoms with Crippen LogP contribution in [0.1, 0.15) is 30.9 Å². The second-order valence-electron chi connectivity index (χ2n) is 6.46. The van der Waals surface area contributed by atoms with Gasteiger partial charge in [0.05, 0.1) is 25.3 Å². The molecule has 1 unspecified atom stereocenters. The van der Waals surface area contributed by atoms with E-state index in [0.717, 1.165) is 57.1 Å². The van der Waals surface area contributed by atoms with Crippen molar-refractivity contribution in [2.75, 3.05) is 39.4 Å². The van der Waals surface area contributed by atoms with E-state index in [1.54, 1.807) is 0 Å². The van der Waals surface area contributed by atoms with Crippen LogP contribution in [0.4, 0.5) is 0 Å². The van der Waals surface area contributed by atoms with E-state index in [1.165, 1.54) is 5.56 Å². The Morgan fingerprint density at radius 3 is 2.54 bits per heavy atom. The normalized spacial score (nSPS) is 21.8. The molecule has 2 aliphatic heterocycles. The van der Waals surface area contributed by atoms with Crippen LogP contribution in [-0.4, -0.2) is 56.2 Å². The van der Waals surface area contributed by atoms with Gasteiger partial charge in [-0.2, -0.15) is 0 Å². The van der Waals surface area contributed by atoms with E-state index in [0.29, 0.717) is 6.54 Å². The minimum Gasteiger partial charge on any atom is -0.379 e. The Kier molecular flexibility index (Phi) is 10.8. The Morgan fingerprint density at radius 2 is 1.92 bits per heavy atom. The highest BCUT2D eigenvalue weighted by Gasteiger charge is 2.25. The van der Waals surface area contributed by atoms with Crippen molar-refractivity contribution in [2.45, 2.75) is 31.3 Å². The van der Waals surface area contributed by atoms with Gasteiger partial charge >= 0.3 is 0 Å². The summed E-state index contributed by atoms with van der Waals surface area (Å²) >= 11 is 6.02. The van der Waals surface area contributed by atoms with Crippen molar-refractivity contribution in [3.8, 4) is 0 Å². The number of amides is 1. The van der Waals surface area contributed by atoms with Crippen LogP contribution in [0.3, 0.4) is 0 Å². The van der Waals surface area contributed by atoms with Crippen LogP contribution >= 0.6 is 36.4 Å². The highest BCUT2D eigenvalue weighted by molar-refractivity contribution is 6.30. The minimum absolute atomic E-state index is 0. The van der Waals surface area contributed by atoms with Crippen LogP contribution in [0.2, 0.25) is 5.02 Å². The van der Waals surface area contributed by atoms with Gasteiger partial charge in [0, 0.05) is 24.7 Å². The zero-order valence-electron chi connectivity index (χ0n) is 14.8. The number of piperidine rings is 1. The number of hydrogen-bond donors (Lipinski definition) is 2. The molecule has 1 aromatic carbocycles. The summed E-state index contributed by atoms with van der Waals surface area (Å²) in [7, 11) is 0. The molecule has 5 nitrogen and oxygen atoms in total. The Morgan fingerprint density at radius 1 is 1.23 bits per heavy atom. The Bertz CT molecular complexity index is 533. The monoisotopic (exact) mass is 423 g/mol. The third-order valence-electron chi connectivity index (χ3n) is 4.84. The van der Waals surface area contributed by atoms with Crippen LogP contribution < -0.4 is 10.6 Å². The fourth-order valence-corrected chi connectivity index (χ4v) is 3.55. The molecule has 0 spiro atoms. The van der Waals surface area contributed by atoms with E-state index in [1.807, 2.05) is 24.3 Å². The van der Waals surface area contributed by atoms with Crippen LogP contribution in [0, 0.1) is 0 Å². The summed E-state index contributed by atoms with van der Waals surface area (Å²) in [4.78, 5) is 14.8. The fraction of sp³-hybridized carbons (Fsp3) is 0.611. The summed E-state index contributed by atoms with van der Waals surface area (Å²) in [5.41, 5.74) is 1.18. The maximum Gasteiger partial charge on any atom is 0.237 e. The lowest BCUT2D eigenvalue weighted by Gasteiger charge is -2.35. The molecule has 0 aromatic heterocycles. The maximum absolute atomic E-state index is 12.4. The number of halogens is 3. The maximum atomic E-state index is 12.4. The number of carbonyl (C=O) groups is 1. The van der Waals surface area contributed by atoms with Gasteiger partial charge in [0.15, 0.2) is 0 Å².